The smallest absolute Gasteiger partial charge is 0.375 e. The SMILES string of the molecule is O=C1NC[C@@H](C(=O)NC(c2ccc(F)c(Cl)c2F)[C@@H]2CC[C@@H](C(F)(F)F)CO2)N1. The molecule has 1 aromatic rings. The summed E-state index contributed by atoms with van der Waals surface area (Å²) in [6, 6.07) is -0.825. The standard InChI is InChI=1S/C17H17ClF5N3O3/c18-12-9(19)3-2-8(13(12)20)14(26-15(27)10-5-24-16(28)25-10)11-4-1-7(6-29-11)17(21,22)23/h2-3,7,10-11,14H,1,4-6H2,(H,26,27)(H2,24,25,28)/t7-,10+,11+,14?/m1/s1. The van der Waals surface area contributed by atoms with Crippen LogP contribution in [0.4, 0.5) is 26.7 Å². The predicted molar refractivity (Wildman–Crippen MR) is 91.1 cm³/mol. The van der Waals surface area contributed by atoms with E-state index in [2.05, 4.69) is 16.0 Å². The summed E-state index contributed by atoms with van der Waals surface area (Å²) in [5, 5.41) is 6.41. The second-order valence-corrected chi connectivity index (χ2v) is 7.22. The fourth-order valence-corrected chi connectivity index (χ4v) is 3.48. The summed E-state index contributed by atoms with van der Waals surface area (Å²) in [5.74, 6) is -4.54. The van der Waals surface area contributed by atoms with Gasteiger partial charge in [0.2, 0.25) is 5.91 Å². The van der Waals surface area contributed by atoms with Crippen molar-refractivity contribution in [2.45, 2.75) is 37.2 Å². The molecular formula is C17H17ClF5N3O3. The molecule has 0 aliphatic carbocycles. The Morgan fingerprint density at radius 3 is 2.55 bits per heavy atom. The molecule has 3 rings (SSSR count). The lowest BCUT2D eigenvalue weighted by Gasteiger charge is -2.35. The van der Waals surface area contributed by atoms with Crippen LogP contribution in [0.15, 0.2) is 12.1 Å². The molecule has 4 atom stereocenters. The van der Waals surface area contributed by atoms with Gasteiger partial charge in [-0.3, -0.25) is 4.79 Å². The average molecular weight is 442 g/mol. The molecule has 0 saturated carbocycles. The van der Waals surface area contributed by atoms with Crippen molar-refractivity contribution in [2.75, 3.05) is 13.2 Å². The zero-order valence-corrected chi connectivity index (χ0v) is 15.5. The summed E-state index contributed by atoms with van der Waals surface area (Å²) < 4.78 is 72.1. The Morgan fingerprint density at radius 1 is 1.28 bits per heavy atom. The third-order valence-electron chi connectivity index (χ3n) is 4.93. The van der Waals surface area contributed by atoms with Gasteiger partial charge in [0.05, 0.1) is 24.7 Å². The first kappa shape index (κ1) is 21.6. The van der Waals surface area contributed by atoms with Gasteiger partial charge in [-0.25, -0.2) is 13.6 Å². The number of benzene rings is 1. The minimum absolute atomic E-state index is 0.0221. The van der Waals surface area contributed by atoms with Crippen LogP contribution in [-0.4, -0.2) is 43.4 Å². The minimum atomic E-state index is -4.44. The quantitative estimate of drug-likeness (QED) is 0.496. The third kappa shape index (κ3) is 4.72. The number of rotatable bonds is 4. The number of nitrogens with one attached hydrogen (secondary N) is 3. The summed E-state index contributed by atoms with van der Waals surface area (Å²) in [7, 11) is 0. The van der Waals surface area contributed by atoms with E-state index in [-0.39, 0.29) is 24.9 Å². The van der Waals surface area contributed by atoms with Gasteiger partial charge in [-0.05, 0) is 18.9 Å². The molecule has 6 nitrogen and oxygen atoms in total. The Hall–Kier alpha value is -2.14. The van der Waals surface area contributed by atoms with Crippen molar-refractivity contribution in [1.82, 2.24) is 16.0 Å². The molecule has 2 aliphatic rings. The fourth-order valence-electron chi connectivity index (χ4n) is 3.31. The van der Waals surface area contributed by atoms with Crippen LogP contribution >= 0.6 is 11.6 Å². The summed E-state index contributed by atoms with van der Waals surface area (Å²) >= 11 is 5.61. The number of alkyl halides is 3. The predicted octanol–water partition coefficient (Wildman–Crippen LogP) is 2.81. The Bertz CT molecular complexity index is 799. The Morgan fingerprint density at radius 2 is 2.00 bits per heavy atom. The minimum Gasteiger partial charge on any atom is -0.375 e. The van der Waals surface area contributed by atoms with Crippen molar-refractivity contribution in [3.8, 4) is 0 Å². The van der Waals surface area contributed by atoms with Crippen LogP contribution in [0.1, 0.15) is 24.4 Å². The van der Waals surface area contributed by atoms with E-state index in [9.17, 15) is 31.5 Å². The molecule has 2 fully saturated rings. The van der Waals surface area contributed by atoms with Crippen LogP contribution in [0.3, 0.4) is 0 Å². The first-order valence-corrected chi connectivity index (χ1v) is 9.12. The molecule has 1 unspecified atom stereocenters. The van der Waals surface area contributed by atoms with Crippen LogP contribution in [-0.2, 0) is 9.53 Å². The third-order valence-corrected chi connectivity index (χ3v) is 5.28. The molecule has 3 N–H and O–H groups in total. The molecule has 0 radical (unpaired) electrons. The monoisotopic (exact) mass is 441 g/mol. The lowest BCUT2D eigenvalue weighted by molar-refractivity contribution is -0.210. The van der Waals surface area contributed by atoms with Gasteiger partial charge in [-0.2, -0.15) is 13.2 Å². The highest BCUT2D eigenvalue weighted by Crippen LogP contribution is 2.38. The van der Waals surface area contributed by atoms with Crippen LogP contribution in [0.25, 0.3) is 0 Å². The van der Waals surface area contributed by atoms with Gasteiger partial charge in [-0.15, -0.1) is 0 Å². The maximum absolute atomic E-state index is 14.6. The number of carbonyl (C=O) groups excluding carboxylic acids is 2. The van der Waals surface area contributed by atoms with Crippen molar-refractivity contribution in [1.29, 1.82) is 0 Å². The van der Waals surface area contributed by atoms with E-state index in [1.807, 2.05) is 0 Å². The molecule has 29 heavy (non-hydrogen) atoms. The van der Waals surface area contributed by atoms with E-state index in [1.54, 1.807) is 0 Å². The van der Waals surface area contributed by atoms with E-state index >= 15 is 0 Å². The molecule has 1 aromatic carbocycles. The van der Waals surface area contributed by atoms with E-state index in [1.165, 1.54) is 0 Å². The number of hydrogen-bond acceptors (Lipinski definition) is 3. The van der Waals surface area contributed by atoms with Gasteiger partial charge in [-0.1, -0.05) is 17.7 Å². The summed E-state index contributed by atoms with van der Waals surface area (Å²) in [6.07, 6.45) is -5.84. The summed E-state index contributed by atoms with van der Waals surface area (Å²) in [6.45, 7) is -0.676. The van der Waals surface area contributed by atoms with Gasteiger partial charge >= 0.3 is 12.2 Å². The molecule has 160 valence electrons. The molecule has 0 aromatic heterocycles. The Labute approximate surface area is 167 Å². The molecule has 12 heteroatoms. The van der Waals surface area contributed by atoms with E-state index in [0.29, 0.717) is 0 Å². The van der Waals surface area contributed by atoms with Gasteiger partial charge in [0, 0.05) is 12.1 Å². The summed E-state index contributed by atoms with van der Waals surface area (Å²) in [4.78, 5) is 23.7. The second kappa shape index (κ2) is 8.31. The van der Waals surface area contributed by atoms with Gasteiger partial charge in [0.25, 0.3) is 0 Å². The Balaban J connectivity index is 1.83. The normalized spacial score (nSPS) is 25.9. The highest BCUT2D eigenvalue weighted by Gasteiger charge is 2.44. The Kier molecular flexibility index (Phi) is 6.18. The second-order valence-electron chi connectivity index (χ2n) is 6.85. The molecule has 2 aliphatic heterocycles. The first-order chi connectivity index (χ1) is 13.6. The van der Waals surface area contributed by atoms with Crippen LogP contribution < -0.4 is 16.0 Å². The average Bonchev–Trinajstić information content (AvgIpc) is 3.11. The first-order valence-electron chi connectivity index (χ1n) is 8.74. The van der Waals surface area contributed by atoms with Crippen molar-refractivity contribution in [2.24, 2.45) is 5.92 Å². The highest BCUT2D eigenvalue weighted by atomic mass is 35.5. The number of halogens is 6. The number of amides is 3. The maximum atomic E-state index is 14.6. The number of carbonyl (C=O) groups is 2. The number of ether oxygens (including phenoxy) is 1. The topological polar surface area (TPSA) is 79.5 Å². The van der Waals surface area contributed by atoms with Crippen LogP contribution in [0.2, 0.25) is 5.02 Å². The molecule has 0 spiro atoms. The van der Waals surface area contributed by atoms with Crippen molar-refractivity contribution in [3.63, 3.8) is 0 Å². The number of hydrogen-bond donors (Lipinski definition) is 3. The van der Waals surface area contributed by atoms with E-state index in [0.717, 1.165) is 12.1 Å². The molecule has 0 bridgehead atoms. The van der Waals surface area contributed by atoms with E-state index < -0.39 is 65.5 Å². The summed E-state index contributed by atoms with van der Waals surface area (Å²) in [5.41, 5.74) is -0.225. The highest BCUT2D eigenvalue weighted by molar-refractivity contribution is 6.31. The largest absolute Gasteiger partial charge is 0.394 e. The lowest BCUT2D eigenvalue weighted by Crippen LogP contribution is -2.49. The van der Waals surface area contributed by atoms with Gasteiger partial charge < -0.3 is 20.7 Å². The molecule has 2 saturated heterocycles. The molecule has 3 amide bonds. The maximum Gasteiger partial charge on any atom is 0.394 e. The van der Waals surface area contributed by atoms with Crippen LogP contribution in [0.5, 0.6) is 0 Å². The van der Waals surface area contributed by atoms with Crippen molar-refractivity contribution >= 4 is 23.5 Å². The zero-order chi connectivity index (χ0) is 21.3. The van der Waals surface area contributed by atoms with Crippen molar-refractivity contribution in [3.05, 3.63) is 34.4 Å². The fraction of sp³-hybridized carbons (Fsp3) is 0.529. The zero-order valence-electron chi connectivity index (χ0n) is 14.8. The van der Waals surface area contributed by atoms with Crippen molar-refractivity contribution < 1.29 is 36.3 Å². The van der Waals surface area contributed by atoms with Gasteiger partial charge in [0.15, 0.2) is 0 Å². The number of urea groups is 1. The molecule has 2 heterocycles. The van der Waals surface area contributed by atoms with Gasteiger partial charge in [0.1, 0.15) is 22.7 Å². The van der Waals surface area contributed by atoms with Crippen LogP contribution in [0, 0.1) is 17.6 Å². The molecular weight excluding hydrogens is 425 g/mol. The lowest BCUT2D eigenvalue weighted by atomic mass is 9.90. The van der Waals surface area contributed by atoms with E-state index in [4.69, 9.17) is 16.3 Å².